The van der Waals surface area contributed by atoms with Crippen LogP contribution in [0.4, 0.5) is 0 Å². The third kappa shape index (κ3) is 1.87. The summed E-state index contributed by atoms with van der Waals surface area (Å²) in [5.74, 6) is 1.84. The fourth-order valence-corrected chi connectivity index (χ4v) is 8.66. The zero-order valence-electron chi connectivity index (χ0n) is 11.2. The monoisotopic (exact) mass is 242 g/mol. The van der Waals surface area contributed by atoms with E-state index >= 15 is 0 Å². The number of hydrogen-bond donors (Lipinski definition) is 0. The summed E-state index contributed by atoms with van der Waals surface area (Å²) < 4.78 is 11.9. The summed E-state index contributed by atoms with van der Waals surface area (Å²) in [7, 11) is 1.90. The van der Waals surface area contributed by atoms with Crippen molar-refractivity contribution in [3.05, 3.63) is 0 Å². The highest BCUT2D eigenvalue weighted by Gasteiger charge is 2.57. The average molecular weight is 242 g/mol. The Bertz CT molecular complexity index is 228. The fraction of sp³-hybridized carbons (Fsp3) is 1.00. The maximum atomic E-state index is 5.95. The fourth-order valence-electron chi connectivity index (χ4n) is 3.71. The highest BCUT2D eigenvalue weighted by atomic mass is 28.4. The third-order valence-corrected chi connectivity index (χ3v) is 9.46. The molecule has 2 aliphatic carbocycles. The quantitative estimate of drug-likeness (QED) is 0.684. The van der Waals surface area contributed by atoms with E-state index in [1.807, 2.05) is 14.2 Å². The van der Waals surface area contributed by atoms with Gasteiger partial charge in [-0.2, -0.15) is 0 Å². The van der Waals surface area contributed by atoms with Gasteiger partial charge in [0.15, 0.2) is 0 Å². The molecule has 2 nitrogen and oxygen atoms in total. The van der Waals surface area contributed by atoms with Crippen molar-refractivity contribution in [1.82, 2.24) is 0 Å². The molecule has 16 heavy (non-hydrogen) atoms. The summed E-state index contributed by atoms with van der Waals surface area (Å²) in [5.41, 5.74) is 1.53. The van der Waals surface area contributed by atoms with E-state index in [-0.39, 0.29) is 0 Å². The first kappa shape index (κ1) is 12.6. The highest BCUT2D eigenvalue weighted by molar-refractivity contribution is 6.71. The van der Waals surface area contributed by atoms with Crippen LogP contribution in [0.5, 0.6) is 0 Å². The van der Waals surface area contributed by atoms with Crippen molar-refractivity contribution >= 4 is 8.56 Å². The molecular formula is C13H26O2Si. The van der Waals surface area contributed by atoms with E-state index < -0.39 is 8.56 Å². The Hall–Kier alpha value is 0.137. The van der Waals surface area contributed by atoms with Gasteiger partial charge in [0.25, 0.3) is 0 Å². The summed E-state index contributed by atoms with van der Waals surface area (Å²) in [6, 6.07) is 0. The molecule has 0 bridgehead atoms. The number of hydrogen-bond acceptors (Lipinski definition) is 2. The van der Waals surface area contributed by atoms with Crippen molar-refractivity contribution in [2.45, 2.75) is 57.0 Å². The van der Waals surface area contributed by atoms with Crippen LogP contribution < -0.4 is 0 Å². The second-order valence-electron chi connectivity index (χ2n) is 5.85. The molecule has 0 atom stereocenters. The first-order valence-corrected chi connectivity index (χ1v) is 8.73. The molecule has 0 aromatic heterocycles. The molecule has 0 saturated heterocycles. The van der Waals surface area contributed by atoms with Crippen molar-refractivity contribution in [3.8, 4) is 0 Å². The summed E-state index contributed by atoms with van der Waals surface area (Å²) >= 11 is 0. The molecule has 0 aromatic carbocycles. The van der Waals surface area contributed by atoms with Gasteiger partial charge in [-0.25, -0.2) is 0 Å². The summed E-state index contributed by atoms with van der Waals surface area (Å²) in [4.78, 5) is 0. The molecule has 0 amide bonds. The molecule has 2 aliphatic rings. The van der Waals surface area contributed by atoms with Gasteiger partial charge in [-0.15, -0.1) is 0 Å². The second-order valence-corrected chi connectivity index (χ2v) is 9.74. The third-order valence-electron chi connectivity index (χ3n) is 4.96. The topological polar surface area (TPSA) is 18.5 Å². The Morgan fingerprint density at radius 1 is 1.00 bits per heavy atom. The largest absolute Gasteiger partial charge is 0.397 e. The zero-order valence-corrected chi connectivity index (χ0v) is 12.2. The second kappa shape index (κ2) is 4.79. The van der Waals surface area contributed by atoms with Crippen LogP contribution in [0.25, 0.3) is 0 Å². The molecule has 0 radical (unpaired) electrons. The summed E-state index contributed by atoms with van der Waals surface area (Å²) in [5, 5.41) is 0. The highest BCUT2D eigenvalue weighted by Crippen LogP contribution is 2.57. The Labute approximate surface area is 101 Å². The minimum atomic E-state index is -1.88. The molecule has 94 valence electrons. The van der Waals surface area contributed by atoms with Crippen LogP contribution in [-0.4, -0.2) is 22.8 Å². The maximum Gasteiger partial charge on any atom is 0.344 e. The summed E-state index contributed by atoms with van der Waals surface area (Å²) in [6.07, 6.45) is 6.71. The minimum absolute atomic E-state index is 0.764. The van der Waals surface area contributed by atoms with E-state index in [1.54, 1.807) is 0 Å². The first-order valence-electron chi connectivity index (χ1n) is 6.76. The molecule has 0 N–H and O–H groups in total. The van der Waals surface area contributed by atoms with E-state index in [0.29, 0.717) is 0 Å². The van der Waals surface area contributed by atoms with Crippen LogP contribution >= 0.6 is 0 Å². The van der Waals surface area contributed by atoms with Crippen molar-refractivity contribution < 1.29 is 8.85 Å². The predicted molar refractivity (Wildman–Crippen MR) is 68.7 cm³/mol. The van der Waals surface area contributed by atoms with Crippen molar-refractivity contribution in [2.24, 2.45) is 11.8 Å². The van der Waals surface area contributed by atoms with Gasteiger partial charge in [0.1, 0.15) is 0 Å². The van der Waals surface area contributed by atoms with Crippen LogP contribution in [0, 0.1) is 11.8 Å². The van der Waals surface area contributed by atoms with Gasteiger partial charge < -0.3 is 8.85 Å². The smallest absolute Gasteiger partial charge is 0.344 e. The average Bonchev–Trinajstić information content (AvgIpc) is 2.19. The summed E-state index contributed by atoms with van der Waals surface area (Å²) in [6.45, 7) is 4.64. The zero-order chi connectivity index (χ0) is 11.8. The van der Waals surface area contributed by atoms with Gasteiger partial charge in [0.2, 0.25) is 0 Å². The first-order chi connectivity index (χ1) is 7.66. The van der Waals surface area contributed by atoms with Gasteiger partial charge in [0.05, 0.1) is 0 Å². The van der Waals surface area contributed by atoms with Gasteiger partial charge in [0, 0.05) is 25.3 Å². The Balaban J connectivity index is 1.99. The van der Waals surface area contributed by atoms with E-state index in [1.165, 1.54) is 32.1 Å². The van der Waals surface area contributed by atoms with Gasteiger partial charge >= 0.3 is 8.56 Å². The van der Waals surface area contributed by atoms with Crippen molar-refractivity contribution in [3.63, 3.8) is 0 Å². The molecule has 0 spiro atoms. The van der Waals surface area contributed by atoms with Crippen molar-refractivity contribution in [1.29, 1.82) is 0 Å². The molecule has 2 rings (SSSR count). The molecule has 0 aromatic rings. The van der Waals surface area contributed by atoms with Gasteiger partial charge in [-0.05, 0) is 37.5 Å². The molecule has 0 heterocycles. The van der Waals surface area contributed by atoms with E-state index in [4.69, 9.17) is 8.85 Å². The lowest BCUT2D eigenvalue weighted by Crippen LogP contribution is -2.56. The lowest BCUT2D eigenvalue weighted by molar-refractivity contribution is 0.141. The van der Waals surface area contributed by atoms with Crippen LogP contribution in [0.15, 0.2) is 0 Å². The lowest BCUT2D eigenvalue weighted by atomic mass is 9.82. The standard InChI is InChI=1S/C13H26O2Si/c1-5-11-8-13(9-11)16(14-3,15-4)12-6-10(2)7-12/h10-13H,5-9H2,1-4H3. The van der Waals surface area contributed by atoms with E-state index in [9.17, 15) is 0 Å². The maximum absolute atomic E-state index is 5.95. The molecule has 2 fully saturated rings. The lowest BCUT2D eigenvalue weighted by Gasteiger charge is -2.52. The van der Waals surface area contributed by atoms with E-state index in [0.717, 1.165) is 22.9 Å². The number of rotatable bonds is 5. The predicted octanol–water partition coefficient (Wildman–Crippen LogP) is 3.71. The van der Waals surface area contributed by atoms with Crippen molar-refractivity contribution in [2.75, 3.05) is 14.2 Å². The molecule has 3 heteroatoms. The normalized spacial score (nSPS) is 39.0. The van der Waals surface area contributed by atoms with Crippen LogP contribution in [-0.2, 0) is 8.85 Å². The Morgan fingerprint density at radius 3 is 1.88 bits per heavy atom. The Morgan fingerprint density at radius 2 is 1.50 bits per heavy atom. The van der Waals surface area contributed by atoms with E-state index in [2.05, 4.69) is 13.8 Å². The van der Waals surface area contributed by atoms with Crippen LogP contribution in [0.2, 0.25) is 11.1 Å². The molecule has 2 saturated carbocycles. The molecular weight excluding hydrogens is 216 g/mol. The van der Waals surface area contributed by atoms with Gasteiger partial charge in [-0.1, -0.05) is 20.3 Å². The SMILES string of the molecule is CCC1CC([Si](OC)(OC)C2CC(C)C2)C1. The van der Waals surface area contributed by atoms with Crippen LogP contribution in [0.3, 0.4) is 0 Å². The molecule has 0 aliphatic heterocycles. The van der Waals surface area contributed by atoms with Crippen LogP contribution in [0.1, 0.15) is 46.0 Å². The minimum Gasteiger partial charge on any atom is -0.397 e. The Kier molecular flexibility index (Phi) is 3.77. The van der Waals surface area contributed by atoms with Gasteiger partial charge in [-0.3, -0.25) is 0 Å². The molecule has 0 unspecified atom stereocenters.